The highest BCUT2D eigenvalue weighted by molar-refractivity contribution is 5.77. The Kier molecular flexibility index (Phi) is 8.42. The van der Waals surface area contributed by atoms with E-state index in [9.17, 15) is 9.59 Å². The van der Waals surface area contributed by atoms with Crippen molar-refractivity contribution < 1.29 is 14.3 Å². The largest absolute Gasteiger partial charge is 0.372 e. The molecule has 0 aromatic heterocycles. The van der Waals surface area contributed by atoms with Gasteiger partial charge in [-0.25, -0.2) is 4.79 Å². The number of unbranched alkanes of at least 4 members (excludes halogenated alkanes) is 2. The summed E-state index contributed by atoms with van der Waals surface area (Å²) in [4.78, 5) is 23.4. The van der Waals surface area contributed by atoms with E-state index < -0.39 is 11.1 Å². The maximum absolute atomic E-state index is 12.2. The number of urea groups is 1. The molecule has 0 aromatic rings. The zero-order valence-corrected chi connectivity index (χ0v) is 16.9. The maximum atomic E-state index is 12.2. The lowest BCUT2D eigenvalue weighted by atomic mass is 10.0. The smallest absolute Gasteiger partial charge is 0.315 e. The van der Waals surface area contributed by atoms with Gasteiger partial charge in [0.15, 0.2) is 0 Å². The Bertz CT molecular complexity index is 523. The quantitative estimate of drug-likeness (QED) is 0.389. The van der Waals surface area contributed by atoms with Crippen molar-refractivity contribution in [3.05, 3.63) is 0 Å². The van der Waals surface area contributed by atoms with E-state index in [1.54, 1.807) is 0 Å². The summed E-state index contributed by atoms with van der Waals surface area (Å²) in [5.74, 6) is 2.65. The Hall–Kier alpha value is -1.74. The number of ether oxygens (including phenoxy) is 1. The van der Waals surface area contributed by atoms with E-state index in [0.29, 0.717) is 19.4 Å². The van der Waals surface area contributed by atoms with Crippen molar-refractivity contribution >= 4 is 11.9 Å². The van der Waals surface area contributed by atoms with Crippen LogP contribution >= 0.6 is 0 Å². The van der Waals surface area contributed by atoms with E-state index in [2.05, 4.69) is 21.9 Å². The van der Waals surface area contributed by atoms with Crippen LogP contribution < -0.4 is 16.0 Å². The van der Waals surface area contributed by atoms with Crippen LogP contribution in [0.2, 0.25) is 0 Å². The van der Waals surface area contributed by atoms with Gasteiger partial charge in [0.25, 0.3) is 0 Å². The van der Waals surface area contributed by atoms with Gasteiger partial charge in [0.2, 0.25) is 5.91 Å². The lowest BCUT2D eigenvalue weighted by Gasteiger charge is -2.31. The molecule has 1 heterocycles. The zero-order valence-electron chi connectivity index (χ0n) is 16.9. The van der Waals surface area contributed by atoms with Gasteiger partial charge in [-0.1, -0.05) is 12.8 Å². The molecule has 1 rings (SSSR count). The minimum absolute atomic E-state index is 0.0394. The summed E-state index contributed by atoms with van der Waals surface area (Å²) in [7, 11) is 0. The van der Waals surface area contributed by atoms with Crippen LogP contribution in [0.25, 0.3) is 0 Å². The average molecular weight is 366 g/mol. The summed E-state index contributed by atoms with van der Waals surface area (Å²) in [5.41, 5.74) is -0.823. The first kappa shape index (κ1) is 22.3. The molecule has 6 heteroatoms. The number of nitrogens with one attached hydrogen (secondary N) is 3. The van der Waals surface area contributed by atoms with Crippen molar-refractivity contribution in [2.24, 2.45) is 0 Å². The van der Waals surface area contributed by atoms with Gasteiger partial charge < -0.3 is 20.7 Å². The molecule has 3 N–H and O–H groups in total. The molecule has 1 aliphatic rings. The van der Waals surface area contributed by atoms with Crippen molar-refractivity contribution in [3.63, 3.8) is 0 Å². The third-order valence-electron chi connectivity index (χ3n) is 4.53. The van der Waals surface area contributed by atoms with E-state index in [4.69, 9.17) is 11.2 Å². The molecule has 0 saturated carbocycles. The fraction of sp³-hybridized carbons (Fsp3) is 0.800. The molecule has 1 aliphatic heterocycles. The summed E-state index contributed by atoms with van der Waals surface area (Å²) >= 11 is 0. The standard InChI is InChI=1S/C20H35N3O3/c1-7-13-20(5,6)26-14-19(3,4)23-17(24)12-10-8-9-11-16-15(2)21-18(25)22-16/h1,15-16H,8-14H2,2-6H3,(H,23,24)(H2,21,22,25)/t15-,16+/m0/s1. The van der Waals surface area contributed by atoms with Crippen molar-refractivity contribution in [1.82, 2.24) is 16.0 Å². The van der Waals surface area contributed by atoms with E-state index in [0.717, 1.165) is 25.7 Å². The number of rotatable bonds is 11. The van der Waals surface area contributed by atoms with Gasteiger partial charge >= 0.3 is 6.03 Å². The molecular weight excluding hydrogens is 330 g/mol. The molecule has 0 unspecified atom stereocenters. The van der Waals surface area contributed by atoms with Gasteiger partial charge in [-0.3, -0.25) is 4.79 Å². The van der Waals surface area contributed by atoms with Crippen molar-refractivity contribution in [1.29, 1.82) is 0 Å². The molecule has 6 nitrogen and oxygen atoms in total. The fourth-order valence-electron chi connectivity index (χ4n) is 2.94. The van der Waals surface area contributed by atoms with Crippen LogP contribution in [0.3, 0.4) is 0 Å². The fourth-order valence-corrected chi connectivity index (χ4v) is 2.94. The monoisotopic (exact) mass is 365 g/mol. The first-order valence-electron chi connectivity index (χ1n) is 9.50. The van der Waals surface area contributed by atoms with Gasteiger partial charge in [0, 0.05) is 18.9 Å². The third-order valence-corrected chi connectivity index (χ3v) is 4.53. The lowest BCUT2D eigenvalue weighted by molar-refractivity contribution is -0.124. The Labute approximate surface area is 158 Å². The zero-order chi connectivity index (χ0) is 19.8. The van der Waals surface area contributed by atoms with E-state index in [1.807, 2.05) is 34.6 Å². The van der Waals surface area contributed by atoms with Crippen LogP contribution in [0.5, 0.6) is 0 Å². The summed E-state index contributed by atoms with van der Waals surface area (Å²) in [6.07, 6.45) is 10.1. The Morgan fingerprint density at radius 2 is 1.92 bits per heavy atom. The van der Waals surface area contributed by atoms with Gasteiger partial charge in [-0.15, -0.1) is 12.3 Å². The Morgan fingerprint density at radius 3 is 2.50 bits per heavy atom. The number of carbonyl (C=O) groups is 2. The Morgan fingerprint density at radius 1 is 1.23 bits per heavy atom. The van der Waals surface area contributed by atoms with Crippen LogP contribution in [0.4, 0.5) is 4.79 Å². The number of amides is 3. The highest BCUT2D eigenvalue weighted by Gasteiger charge is 2.27. The SMILES string of the molecule is C#CCC(C)(C)OCC(C)(C)NC(=O)CCCCC[C@H]1NC(=O)N[C@H]1C. The molecule has 0 aromatic carbocycles. The second-order valence-corrected chi connectivity index (χ2v) is 8.47. The number of terminal acetylenes is 1. The summed E-state index contributed by atoms with van der Waals surface area (Å²) in [5, 5.41) is 8.79. The molecule has 0 aliphatic carbocycles. The van der Waals surface area contributed by atoms with Crippen molar-refractivity contribution in [3.8, 4) is 12.3 Å². The normalized spacial score (nSPS) is 20.2. The number of carbonyl (C=O) groups excluding carboxylic acids is 2. The summed E-state index contributed by atoms with van der Waals surface area (Å²) in [6, 6.07) is 0.279. The second kappa shape index (κ2) is 9.82. The van der Waals surface area contributed by atoms with Gasteiger partial charge in [0.1, 0.15) is 0 Å². The van der Waals surface area contributed by atoms with Crippen molar-refractivity contribution in [2.75, 3.05) is 6.61 Å². The molecule has 1 fully saturated rings. The lowest BCUT2D eigenvalue weighted by Crippen LogP contribution is -2.48. The summed E-state index contributed by atoms with van der Waals surface area (Å²) < 4.78 is 5.86. The average Bonchev–Trinajstić information content (AvgIpc) is 2.82. The highest BCUT2D eigenvalue weighted by atomic mass is 16.5. The van der Waals surface area contributed by atoms with Crippen LogP contribution in [-0.4, -0.2) is 41.8 Å². The van der Waals surface area contributed by atoms with E-state index in [1.165, 1.54) is 0 Å². The minimum atomic E-state index is -0.432. The molecule has 1 saturated heterocycles. The molecular formula is C20H35N3O3. The van der Waals surface area contributed by atoms with Crippen LogP contribution in [0.15, 0.2) is 0 Å². The predicted octanol–water partition coefficient (Wildman–Crippen LogP) is 2.72. The first-order chi connectivity index (χ1) is 12.0. The highest BCUT2D eigenvalue weighted by Crippen LogP contribution is 2.17. The van der Waals surface area contributed by atoms with E-state index >= 15 is 0 Å². The maximum Gasteiger partial charge on any atom is 0.315 e. The topological polar surface area (TPSA) is 79.5 Å². The van der Waals surface area contributed by atoms with Crippen LogP contribution in [0, 0.1) is 12.3 Å². The molecule has 0 spiro atoms. The molecule has 0 radical (unpaired) electrons. The molecule has 3 amide bonds. The van der Waals surface area contributed by atoms with Crippen molar-refractivity contribution in [2.45, 2.75) is 96.4 Å². The molecule has 26 heavy (non-hydrogen) atoms. The summed E-state index contributed by atoms with van der Waals surface area (Å²) in [6.45, 7) is 10.2. The number of hydrogen-bond acceptors (Lipinski definition) is 3. The molecule has 0 bridgehead atoms. The Balaban J connectivity index is 2.18. The second-order valence-electron chi connectivity index (χ2n) is 8.47. The number of hydrogen-bond donors (Lipinski definition) is 3. The predicted molar refractivity (Wildman–Crippen MR) is 104 cm³/mol. The third kappa shape index (κ3) is 8.57. The minimum Gasteiger partial charge on any atom is -0.372 e. The first-order valence-corrected chi connectivity index (χ1v) is 9.50. The van der Waals surface area contributed by atoms with Gasteiger partial charge in [-0.2, -0.15) is 0 Å². The van der Waals surface area contributed by atoms with Gasteiger partial charge in [-0.05, 0) is 47.5 Å². The van der Waals surface area contributed by atoms with Crippen LogP contribution in [0.1, 0.15) is 73.1 Å². The molecule has 148 valence electrons. The van der Waals surface area contributed by atoms with Gasteiger partial charge in [0.05, 0.1) is 23.8 Å². The molecule has 2 atom stereocenters. The van der Waals surface area contributed by atoms with E-state index in [-0.39, 0.29) is 24.0 Å². The van der Waals surface area contributed by atoms with Crippen LogP contribution in [-0.2, 0) is 9.53 Å².